The van der Waals surface area contributed by atoms with Crippen molar-refractivity contribution in [3.63, 3.8) is 0 Å². The maximum absolute atomic E-state index is 12.6. The summed E-state index contributed by atoms with van der Waals surface area (Å²) >= 11 is 6.04. The predicted molar refractivity (Wildman–Crippen MR) is 87.6 cm³/mol. The van der Waals surface area contributed by atoms with Crippen LogP contribution in [0.3, 0.4) is 0 Å². The number of nitrogens with one attached hydrogen (secondary N) is 1. The van der Waals surface area contributed by atoms with E-state index in [0.29, 0.717) is 18.1 Å². The van der Waals surface area contributed by atoms with Crippen LogP contribution in [0, 0.1) is 6.92 Å². The smallest absolute Gasteiger partial charge is 0.329 e. The van der Waals surface area contributed by atoms with E-state index in [4.69, 9.17) is 11.6 Å². The van der Waals surface area contributed by atoms with Crippen LogP contribution in [0.5, 0.6) is 0 Å². The number of aromatic amines is 1. The summed E-state index contributed by atoms with van der Waals surface area (Å²) in [6.45, 7) is 3.06. The highest BCUT2D eigenvalue weighted by Gasteiger charge is 2.29. The van der Waals surface area contributed by atoms with Crippen molar-refractivity contribution in [2.24, 2.45) is 0 Å². The summed E-state index contributed by atoms with van der Waals surface area (Å²) in [4.78, 5) is 21.7. The molecule has 0 fully saturated rings. The van der Waals surface area contributed by atoms with E-state index in [9.17, 15) is 4.79 Å². The molecule has 0 atom stereocenters. The van der Waals surface area contributed by atoms with Crippen LogP contribution >= 0.6 is 24.0 Å². The number of benzene rings is 1. The van der Waals surface area contributed by atoms with Gasteiger partial charge in [-0.3, -0.25) is 4.57 Å². The van der Waals surface area contributed by atoms with Crippen molar-refractivity contribution >= 4 is 40.9 Å². The summed E-state index contributed by atoms with van der Waals surface area (Å²) in [7, 11) is 0. The van der Waals surface area contributed by atoms with Crippen LogP contribution in [0.4, 0.5) is 4.79 Å². The highest BCUT2D eigenvalue weighted by molar-refractivity contribution is 6.31. The van der Waals surface area contributed by atoms with Gasteiger partial charge in [0.2, 0.25) is 0 Å². The van der Waals surface area contributed by atoms with Crippen molar-refractivity contribution in [3.8, 4) is 0 Å². The number of imidazole rings is 1. The van der Waals surface area contributed by atoms with Crippen LogP contribution in [0.25, 0.3) is 10.9 Å². The Bertz CT molecular complexity index is 868. The van der Waals surface area contributed by atoms with Gasteiger partial charge in [-0.15, -0.1) is 12.4 Å². The normalized spacial score (nSPS) is 13.5. The molecule has 0 saturated carbocycles. The minimum absolute atomic E-state index is 0. The Morgan fingerprint density at radius 1 is 1.36 bits per heavy atom. The lowest BCUT2D eigenvalue weighted by molar-refractivity contribution is 0.207. The van der Waals surface area contributed by atoms with Gasteiger partial charge in [-0.1, -0.05) is 17.7 Å². The third-order valence-electron chi connectivity index (χ3n) is 3.93. The van der Waals surface area contributed by atoms with Crippen molar-refractivity contribution in [1.29, 1.82) is 0 Å². The molecule has 5 nitrogen and oxygen atoms in total. The average molecular weight is 337 g/mol. The minimum atomic E-state index is -0.0235. The van der Waals surface area contributed by atoms with Crippen LogP contribution in [0.1, 0.15) is 17.1 Å². The lowest BCUT2D eigenvalue weighted by Crippen LogP contribution is -2.26. The topological polar surface area (TPSA) is 53.9 Å². The number of carbonyl (C=O) groups is 1. The molecule has 1 N–H and O–H groups in total. The van der Waals surface area contributed by atoms with E-state index in [1.165, 1.54) is 0 Å². The number of fused-ring (bicyclic) bond motifs is 3. The number of aromatic nitrogens is 3. The van der Waals surface area contributed by atoms with Crippen LogP contribution in [-0.4, -0.2) is 25.5 Å². The predicted octanol–water partition coefficient (Wildman–Crippen LogP) is 3.73. The summed E-state index contributed by atoms with van der Waals surface area (Å²) in [6, 6.07) is 7.64. The molecule has 3 aromatic rings. The summed E-state index contributed by atoms with van der Waals surface area (Å²) in [5, 5.41) is 1.68. The highest BCUT2D eigenvalue weighted by atomic mass is 35.5. The first-order chi connectivity index (χ1) is 10.1. The second-order valence-corrected chi connectivity index (χ2v) is 5.72. The van der Waals surface area contributed by atoms with Gasteiger partial charge in [-0.05, 0) is 25.1 Å². The number of carbonyl (C=O) groups excluding carboxylic acids is 1. The van der Waals surface area contributed by atoms with Gasteiger partial charge in [-0.25, -0.2) is 9.78 Å². The van der Waals surface area contributed by atoms with Crippen LogP contribution in [0.15, 0.2) is 30.6 Å². The van der Waals surface area contributed by atoms with Gasteiger partial charge in [0.1, 0.15) is 0 Å². The molecule has 2 aromatic heterocycles. The van der Waals surface area contributed by atoms with Crippen molar-refractivity contribution in [3.05, 3.63) is 52.7 Å². The molecule has 1 aromatic carbocycles. The van der Waals surface area contributed by atoms with Crippen molar-refractivity contribution < 1.29 is 4.79 Å². The van der Waals surface area contributed by atoms with Gasteiger partial charge in [-0.2, -0.15) is 0 Å². The van der Waals surface area contributed by atoms with E-state index in [1.807, 2.05) is 31.2 Å². The van der Waals surface area contributed by atoms with Gasteiger partial charge in [0.15, 0.2) is 0 Å². The molecule has 3 heterocycles. The lowest BCUT2D eigenvalue weighted by Gasteiger charge is -2.14. The van der Waals surface area contributed by atoms with Gasteiger partial charge in [0, 0.05) is 21.8 Å². The highest BCUT2D eigenvalue weighted by Crippen LogP contribution is 2.29. The quantitative estimate of drug-likeness (QED) is 0.775. The first-order valence-electron chi connectivity index (χ1n) is 6.71. The number of hydrogen-bond donors (Lipinski definition) is 1. The molecule has 0 aliphatic carbocycles. The fourth-order valence-electron chi connectivity index (χ4n) is 2.83. The Balaban J connectivity index is 0.00000144. The summed E-state index contributed by atoms with van der Waals surface area (Å²) in [6.07, 6.45) is 1.65. The third kappa shape index (κ3) is 2.17. The van der Waals surface area contributed by atoms with E-state index in [-0.39, 0.29) is 18.4 Å². The molecule has 1 aliphatic heterocycles. The second kappa shape index (κ2) is 5.34. The molecule has 22 heavy (non-hydrogen) atoms. The number of nitrogens with zero attached hydrogens (tertiary/aromatic N) is 3. The van der Waals surface area contributed by atoms with Crippen LogP contribution in [-0.2, 0) is 13.1 Å². The SMILES string of the molecule is Cc1[nH]cnc1CN1Cc2cc3ccc(Cl)cc3n2C1=O.Cl. The van der Waals surface area contributed by atoms with Gasteiger partial charge in [0.05, 0.1) is 30.6 Å². The van der Waals surface area contributed by atoms with Crippen molar-refractivity contribution in [2.75, 3.05) is 0 Å². The molecule has 0 radical (unpaired) electrons. The minimum Gasteiger partial charge on any atom is -0.348 e. The van der Waals surface area contributed by atoms with E-state index < -0.39 is 0 Å². The number of H-pyrrole nitrogens is 1. The molecular weight excluding hydrogens is 323 g/mol. The van der Waals surface area contributed by atoms with E-state index >= 15 is 0 Å². The zero-order chi connectivity index (χ0) is 14.6. The first-order valence-corrected chi connectivity index (χ1v) is 7.09. The van der Waals surface area contributed by atoms with E-state index in [0.717, 1.165) is 28.0 Å². The number of amides is 1. The molecule has 1 amide bonds. The third-order valence-corrected chi connectivity index (χ3v) is 4.17. The monoisotopic (exact) mass is 336 g/mol. The number of hydrogen-bond acceptors (Lipinski definition) is 2. The van der Waals surface area contributed by atoms with Gasteiger partial charge < -0.3 is 9.88 Å². The second-order valence-electron chi connectivity index (χ2n) is 5.29. The summed E-state index contributed by atoms with van der Waals surface area (Å²) < 4.78 is 1.74. The molecular formula is C15H14Cl2N4O. The molecule has 1 aliphatic rings. The number of rotatable bonds is 2. The largest absolute Gasteiger partial charge is 0.348 e. The molecule has 0 spiro atoms. The maximum Gasteiger partial charge on any atom is 0.329 e. The average Bonchev–Trinajstić information content (AvgIpc) is 3.08. The summed E-state index contributed by atoms with van der Waals surface area (Å²) in [5.41, 5.74) is 3.75. The van der Waals surface area contributed by atoms with Gasteiger partial charge in [0.25, 0.3) is 0 Å². The first kappa shape index (κ1) is 14.9. The molecule has 0 bridgehead atoms. The Morgan fingerprint density at radius 2 is 2.18 bits per heavy atom. The molecule has 7 heteroatoms. The van der Waals surface area contributed by atoms with Gasteiger partial charge >= 0.3 is 6.03 Å². The molecule has 0 saturated heterocycles. The maximum atomic E-state index is 12.6. The summed E-state index contributed by atoms with van der Waals surface area (Å²) in [5.74, 6) is 0. The Labute approximate surface area is 138 Å². The Morgan fingerprint density at radius 3 is 2.91 bits per heavy atom. The standard InChI is InChI=1S/C15H13ClN4O.ClH/c1-9-13(18-8-17-9)7-19-6-12-4-10-2-3-11(16)5-14(10)20(12)15(19)21;/h2-5,8H,6-7H2,1H3,(H,17,18);1H. The van der Waals surface area contributed by atoms with E-state index in [1.54, 1.807) is 15.8 Å². The number of aryl methyl sites for hydroxylation is 1. The van der Waals surface area contributed by atoms with Crippen LogP contribution < -0.4 is 0 Å². The molecule has 0 unspecified atom stereocenters. The Kier molecular flexibility index (Phi) is 3.62. The van der Waals surface area contributed by atoms with E-state index in [2.05, 4.69) is 9.97 Å². The van der Waals surface area contributed by atoms with Crippen molar-refractivity contribution in [2.45, 2.75) is 20.0 Å². The number of halogens is 2. The fourth-order valence-corrected chi connectivity index (χ4v) is 3.00. The Hall–Kier alpha value is -1.98. The zero-order valence-electron chi connectivity index (χ0n) is 11.8. The molecule has 4 rings (SSSR count). The molecule has 114 valence electrons. The van der Waals surface area contributed by atoms with Crippen molar-refractivity contribution in [1.82, 2.24) is 19.4 Å². The van der Waals surface area contributed by atoms with Crippen LogP contribution in [0.2, 0.25) is 5.02 Å². The zero-order valence-corrected chi connectivity index (χ0v) is 13.4. The lowest BCUT2D eigenvalue weighted by atomic mass is 10.2. The fraction of sp³-hybridized carbons (Fsp3) is 0.200.